The minimum atomic E-state index is -0.0837. The number of carbonyl (C=O) groups excluding carboxylic acids is 1. The van der Waals surface area contributed by atoms with Crippen LogP contribution in [0.5, 0.6) is 0 Å². The van der Waals surface area contributed by atoms with E-state index in [9.17, 15) is 4.79 Å². The summed E-state index contributed by atoms with van der Waals surface area (Å²) in [6.45, 7) is 10.6. The second-order valence-electron chi connectivity index (χ2n) is 7.28. The van der Waals surface area contributed by atoms with Crippen LogP contribution in [0.1, 0.15) is 52.2 Å². The number of likely N-dealkylation sites (tertiary alicyclic amines) is 1. The van der Waals surface area contributed by atoms with E-state index in [0.29, 0.717) is 19.0 Å². The van der Waals surface area contributed by atoms with E-state index in [-0.39, 0.29) is 41.3 Å². The highest BCUT2D eigenvalue weighted by molar-refractivity contribution is 14.0. The zero-order chi connectivity index (χ0) is 18.4. The molecule has 0 aromatic carbocycles. The van der Waals surface area contributed by atoms with Crippen molar-refractivity contribution in [1.82, 2.24) is 15.2 Å². The van der Waals surface area contributed by atoms with E-state index in [4.69, 9.17) is 9.15 Å². The van der Waals surface area contributed by atoms with Gasteiger partial charge in [-0.25, -0.2) is 4.98 Å². The molecule has 148 valence electrons. The summed E-state index contributed by atoms with van der Waals surface area (Å²) in [6.07, 6.45) is 3.35. The van der Waals surface area contributed by atoms with Crippen molar-refractivity contribution in [2.45, 2.75) is 52.5 Å². The number of hydrogen-bond acceptors (Lipinski definition) is 5. The molecule has 26 heavy (non-hydrogen) atoms. The van der Waals surface area contributed by atoms with Crippen LogP contribution in [-0.4, -0.2) is 48.6 Å². The van der Waals surface area contributed by atoms with Gasteiger partial charge >= 0.3 is 5.97 Å². The number of aromatic nitrogens is 1. The third kappa shape index (κ3) is 6.14. The molecule has 0 unspecified atom stereocenters. The van der Waals surface area contributed by atoms with Gasteiger partial charge in [0.1, 0.15) is 5.76 Å². The summed E-state index contributed by atoms with van der Waals surface area (Å²) >= 11 is 0. The number of aliphatic imine (C=N–C) groups is 1. The molecule has 0 atom stereocenters. The molecule has 0 saturated carbocycles. The van der Waals surface area contributed by atoms with Gasteiger partial charge in [0.2, 0.25) is 5.89 Å². The molecular formula is C18H31IN4O3. The zero-order valence-corrected chi connectivity index (χ0v) is 18.7. The van der Waals surface area contributed by atoms with Crippen molar-refractivity contribution in [3.8, 4) is 0 Å². The lowest BCUT2D eigenvalue weighted by Crippen LogP contribution is -2.46. The van der Waals surface area contributed by atoms with Gasteiger partial charge in [-0.1, -0.05) is 20.8 Å². The fraction of sp³-hybridized carbons (Fsp3) is 0.722. The molecule has 1 fully saturated rings. The van der Waals surface area contributed by atoms with Crippen LogP contribution < -0.4 is 5.32 Å². The van der Waals surface area contributed by atoms with Crippen LogP contribution in [0.4, 0.5) is 0 Å². The Balaban J connectivity index is 0.00000338. The minimum absolute atomic E-state index is 0. The highest BCUT2D eigenvalue weighted by Gasteiger charge is 2.27. The number of rotatable bonds is 4. The fourth-order valence-electron chi connectivity index (χ4n) is 2.81. The number of oxazole rings is 1. The van der Waals surface area contributed by atoms with Crippen LogP contribution in [0.15, 0.2) is 15.6 Å². The molecule has 2 heterocycles. The van der Waals surface area contributed by atoms with Gasteiger partial charge in [0, 0.05) is 25.6 Å². The molecule has 0 aliphatic carbocycles. The topological polar surface area (TPSA) is 80.0 Å². The Kier molecular flexibility index (Phi) is 8.85. The number of piperidine rings is 1. The molecular weight excluding hydrogens is 447 g/mol. The van der Waals surface area contributed by atoms with E-state index >= 15 is 0 Å². The number of nitrogens with one attached hydrogen (secondary N) is 1. The van der Waals surface area contributed by atoms with Crippen molar-refractivity contribution in [3.63, 3.8) is 0 Å². The molecule has 1 aliphatic heterocycles. The van der Waals surface area contributed by atoms with E-state index in [1.54, 1.807) is 13.2 Å². The van der Waals surface area contributed by atoms with Crippen molar-refractivity contribution in [3.05, 3.63) is 17.8 Å². The average molecular weight is 478 g/mol. The molecule has 0 spiro atoms. The Hall–Kier alpha value is -1.32. The normalized spacial score (nSPS) is 16.2. The molecule has 1 saturated heterocycles. The number of esters is 1. The van der Waals surface area contributed by atoms with Gasteiger partial charge in [0.05, 0.1) is 25.3 Å². The van der Waals surface area contributed by atoms with Crippen LogP contribution in [0.3, 0.4) is 0 Å². The van der Waals surface area contributed by atoms with Gasteiger partial charge in [-0.3, -0.25) is 9.79 Å². The molecule has 1 aromatic rings. The zero-order valence-electron chi connectivity index (χ0n) is 16.4. The molecule has 7 nitrogen and oxygen atoms in total. The Morgan fingerprint density at radius 1 is 1.42 bits per heavy atom. The number of guanidine groups is 1. The van der Waals surface area contributed by atoms with Crippen molar-refractivity contribution in [2.24, 2.45) is 10.9 Å². The first-order valence-corrected chi connectivity index (χ1v) is 8.92. The number of nitrogens with zero attached hydrogens (tertiary/aromatic N) is 3. The number of carbonyl (C=O) groups is 1. The maximum atomic E-state index is 11.8. The summed E-state index contributed by atoms with van der Waals surface area (Å²) < 4.78 is 10.9. The van der Waals surface area contributed by atoms with E-state index in [1.165, 1.54) is 0 Å². The standard InChI is InChI=1S/C18H30N4O3.HI/c1-6-24-16(23)13-7-9-22(10-8-13)17(19-5)21-12-15-20-11-14(25-15)18(2,3)4;/h11,13H,6-10,12H2,1-5H3,(H,19,21);1H. The van der Waals surface area contributed by atoms with E-state index in [2.05, 4.69) is 41.0 Å². The Morgan fingerprint density at radius 2 is 2.08 bits per heavy atom. The second kappa shape index (κ2) is 10.1. The van der Waals surface area contributed by atoms with Gasteiger partial charge in [-0.05, 0) is 19.8 Å². The SMILES string of the molecule is CCOC(=O)C1CCN(C(=NC)NCc2ncc(C(C)(C)C)o2)CC1.I. The van der Waals surface area contributed by atoms with Crippen molar-refractivity contribution in [1.29, 1.82) is 0 Å². The molecule has 0 bridgehead atoms. The summed E-state index contributed by atoms with van der Waals surface area (Å²) in [6, 6.07) is 0. The van der Waals surface area contributed by atoms with Crippen LogP contribution in [-0.2, 0) is 21.5 Å². The smallest absolute Gasteiger partial charge is 0.309 e. The van der Waals surface area contributed by atoms with Gasteiger partial charge in [-0.2, -0.15) is 0 Å². The molecule has 1 aromatic heterocycles. The maximum Gasteiger partial charge on any atom is 0.309 e. The first-order valence-electron chi connectivity index (χ1n) is 8.92. The summed E-state index contributed by atoms with van der Waals surface area (Å²) in [5, 5.41) is 3.29. The van der Waals surface area contributed by atoms with Crippen LogP contribution in [0.25, 0.3) is 0 Å². The molecule has 8 heteroatoms. The number of ether oxygens (including phenoxy) is 1. The molecule has 0 radical (unpaired) electrons. The Labute approximate surface area is 173 Å². The predicted molar refractivity (Wildman–Crippen MR) is 112 cm³/mol. The highest BCUT2D eigenvalue weighted by Crippen LogP contribution is 2.23. The van der Waals surface area contributed by atoms with E-state index < -0.39 is 0 Å². The van der Waals surface area contributed by atoms with E-state index in [1.807, 2.05) is 6.92 Å². The highest BCUT2D eigenvalue weighted by atomic mass is 127. The summed E-state index contributed by atoms with van der Waals surface area (Å²) in [5.41, 5.74) is -0.0537. The predicted octanol–water partition coefficient (Wildman–Crippen LogP) is 2.94. The molecule has 1 aliphatic rings. The summed E-state index contributed by atoms with van der Waals surface area (Å²) in [7, 11) is 1.76. The quantitative estimate of drug-likeness (QED) is 0.310. The van der Waals surface area contributed by atoms with E-state index in [0.717, 1.165) is 37.7 Å². The third-order valence-corrected chi connectivity index (χ3v) is 4.32. The van der Waals surface area contributed by atoms with Gasteiger partial charge in [0.25, 0.3) is 0 Å². The minimum Gasteiger partial charge on any atom is -0.466 e. The first kappa shape index (κ1) is 22.7. The van der Waals surface area contributed by atoms with Crippen LogP contribution >= 0.6 is 24.0 Å². The fourth-order valence-corrected chi connectivity index (χ4v) is 2.81. The van der Waals surface area contributed by atoms with Gasteiger partial charge in [-0.15, -0.1) is 24.0 Å². The Bertz CT molecular complexity index is 602. The second-order valence-corrected chi connectivity index (χ2v) is 7.28. The van der Waals surface area contributed by atoms with Crippen LogP contribution in [0, 0.1) is 5.92 Å². The average Bonchev–Trinajstić information content (AvgIpc) is 3.05. The van der Waals surface area contributed by atoms with Gasteiger partial charge in [0.15, 0.2) is 5.96 Å². The Morgan fingerprint density at radius 3 is 2.58 bits per heavy atom. The lowest BCUT2D eigenvalue weighted by molar-refractivity contribution is -0.149. The first-order chi connectivity index (χ1) is 11.8. The molecule has 0 amide bonds. The van der Waals surface area contributed by atoms with Crippen molar-refractivity contribution < 1.29 is 13.9 Å². The lowest BCUT2D eigenvalue weighted by Gasteiger charge is -2.33. The molecule has 2 rings (SSSR count). The maximum absolute atomic E-state index is 11.8. The van der Waals surface area contributed by atoms with Crippen molar-refractivity contribution in [2.75, 3.05) is 26.7 Å². The lowest BCUT2D eigenvalue weighted by atomic mass is 9.94. The monoisotopic (exact) mass is 478 g/mol. The molecule has 1 N–H and O–H groups in total. The largest absolute Gasteiger partial charge is 0.466 e. The number of halogens is 1. The summed E-state index contributed by atoms with van der Waals surface area (Å²) in [4.78, 5) is 22.6. The third-order valence-electron chi connectivity index (χ3n) is 4.32. The summed E-state index contributed by atoms with van der Waals surface area (Å²) in [5.74, 6) is 2.23. The number of hydrogen-bond donors (Lipinski definition) is 1. The van der Waals surface area contributed by atoms with Gasteiger partial charge < -0.3 is 19.4 Å². The van der Waals surface area contributed by atoms with Crippen LogP contribution in [0.2, 0.25) is 0 Å². The van der Waals surface area contributed by atoms with Crippen molar-refractivity contribution >= 4 is 35.9 Å².